The molecule has 5 nitrogen and oxygen atoms in total. The zero-order chi connectivity index (χ0) is 12.3. The van der Waals surface area contributed by atoms with Gasteiger partial charge >= 0.3 is 0 Å². The van der Waals surface area contributed by atoms with Gasteiger partial charge in [-0.05, 0) is 26.3 Å². The zero-order valence-electron chi connectivity index (χ0n) is 10.5. The van der Waals surface area contributed by atoms with Crippen molar-refractivity contribution in [3.8, 4) is 0 Å². The van der Waals surface area contributed by atoms with E-state index in [-0.39, 0.29) is 24.7 Å². The van der Waals surface area contributed by atoms with E-state index in [9.17, 15) is 9.90 Å². The Kier molecular flexibility index (Phi) is 4.36. The molecule has 17 heavy (non-hydrogen) atoms. The van der Waals surface area contributed by atoms with Crippen LogP contribution in [0.2, 0.25) is 0 Å². The quantitative estimate of drug-likeness (QED) is 0.737. The number of carbonyl (C=O) groups excluding carboxylic acids is 1. The number of ether oxygens (including phenoxy) is 1. The SMILES string of the molecule is CC1CN(C(=O)CN2CCC[C@@H]2CO)CCO1. The van der Waals surface area contributed by atoms with Crippen molar-refractivity contribution in [2.75, 3.05) is 39.4 Å². The van der Waals surface area contributed by atoms with Gasteiger partial charge in [-0.2, -0.15) is 0 Å². The van der Waals surface area contributed by atoms with Crippen molar-refractivity contribution in [2.24, 2.45) is 0 Å². The Bertz CT molecular complexity index is 272. The molecule has 98 valence electrons. The minimum absolute atomic E-state index is 0.139. The summed E-state index contributed by atoms with van der Waals surface area (Å²) < 4.78 is 5.42. The minimum Gasteiger partial charge on any atom is -0.395 e. The van der Waals surface area contributed by atoms with Crippen LogP contribution >= 0.6 is 0 Å². The number of likely N-dealkylation sites (tertiary alicyclic amines) is 1. The molecule has 2 fully saturated rings. The van der Waals surface area contributed by atoms with Crippen LogP contribution in [0.25, 0.3) is 0 Å². The van der Waals surface area contributed by atoms with Gasteiger partial charge in [0.2, 0.25) is 5.91 Å². The van der Waals surface area contributed by atoms with Crippen molar-refractivity contribution in [2.45, 2.75) is 31.9 Å². The molecule has 2 heterocycles. The molecule has 0 aromatic heterocycles. The molecule has 0 saturated carbocycles. The molecule has 0 aromatic carbocycles. The molecule has 0 aromatic rings. The molecule has 2 aliphatic rings. The van der Waals surface area contributed by atoms with Crippen LogP contribution in [0.1, 0.15) is 19.8 Å². The summed E-state index contributed by atoms with van der Waals surface area (Å²) in [7, 11) is 0. The van der Waals surface area contributed by atoms with E-state index in [1.54, 1.807) is 0 Å². The number of morpholine rings is 1. The molecule has 0 aliphatic carbocycles. The number of hydrogen-bond donors (Lipinski definition) is 1. The first-order valence-corrected chi connectivity index (χ1v) is 6.45. The summed E-state index contributed by atoms with van der Waals surface area (Å²) in [5.74, 6) is 0.167. The van der Waals surface area contributed by atoms with Crippen LogP contribution in [0.4, 0.5) is 0 Å². The summed E-state index contributed by atoms with van der Waals surface area (Å²) in [6.07, 6.45) is 2.22. The highest BCUT2D eigenvalue weighted by atomic mass is 16.5. The molecular formula is C12H22N2O3. The number of aliphatic hydroxyl groups is 1. The van der Waals surface area contributed by atoms with Crippen molar-refractivity contribution < 1.29 is 14.6 Å². The molecule has 1 unspecified atom stereocenters. The Morgan fingerprint density at radius 2 is 2.29 bits per heavy atom. The van der Waals surface area contributed by atoms with Gasteiger partial charge in [0, 0.05) is 19.1 Å². The van der Waals surface area contributed by atoms with E-state index in [2.05, 4.69) is 4.90 Å². The van der Waals surface area contributed by atoms with Gasteiger partial charge in [0.15, 0.2) is 0 Å². The average Bonchev–Trinajstić information content (AvgIpc) is 2.76. The van der Waals surface area contributed by atoms with Crippen molar-refractivity contribution in [1.82, 2.24) is 9.80 Å². The first-order valence-electron chi connectivity index (χ1n) is 6.45. The van der Waals surface area contributed by atoms with Gasteiger partial charge in [0.25, 0.3) is 0 Å². The number of nitrogens with zero attached hydrogens (tertiary/aromatic N) is 2. The number of carbonyl (C=O) groups is 1. The molecular weight excluding hydrogens is 220 g/mol. The van der Waals surface area contributed by atoms with Crippen LogP contribution in [0.5, 0.6) is 0 Å². The first kappa shape index (κ1) is 12.8. The van der Waals surface area contributed by atoms with E-state index in [1.807, 2.05) is 11.8 Å². The van der Waals surface area contributed by atoms with Gasteiger partial charge in [-0.3, -0.25) is 9.69 Å². The van der Waals surface area contributed by atoms with Crippen LogP contribution < -0.4 is 0 Å². The molecule has 1 N–H and O–H groups in total. The van der Waals surface area contributed by atoms with Crippen LogP contribution in [-0.2, 0) is 9.53 Å². The molecule has 2 atom stereocenters. The highest BCUT2D eigenvalue weighted by molar-refractivity contribution is 5.78. The van der Waals surface area contributed by atoms with E-state index in [4.69, 9.17) is 4.74 Å². The lowest BCUT2D eigenvalue weighted by molar-refractivity contribution is -0.139. The van der Waals surface area contributed by atoms with Crippen molar-refractivity contribution >= 4 is 5.91 Å². The van der Waals surface area contributed by atoms with Gasteiger partial charge in [-0.25, -0.2) is 0 Å². The van der Waals surface area contributed by atoms with Crippen molar-refractivity contribution in [3.05, 3.63) is 0 Å². The van der Waals surface area contributed by atoms with Crippen molar-refractivity contribution in [3.63, 3.8) is 0 Å². The second-order valence-corrected chi connectivity index (χ2v) is 4.97. The Morgan fingerprint density at radius 3 is 3.00 bits per heavy atom. The monoisotopic (exact) mass is 242 g/mol. The number of aliphatic hydroxyl groups excluding tert-OH is 1. The predicted octanol–water partition coefficient (Wildman–Crippen LogP) is -0.310. The molecule has 0 radical (unpaired) electrons. The summed E-state index contributed by atoms with van der Waals surface area (Å²) in [6, 6.07) is 0.178. The Labute approximate surface area is 102 Å². The highest BCUT2D eigenvalue weighted by Crippen LogP contribution is 2.16. The summed E-state index contributed by atoms with van der Waals surface area (Å²) in [5.41, 5.74) is 0. The Morgan fingerprint density at radius 1 is 1.47 bits per heavy atom. The third-order valence-electron chi connectivity index (χ3n) is 3.64. The molecule has 0 bridgehead atoms. The van der Waals surface area contributed by atoms with Gasteiger partial charge in [0.05, 0.1) is 25.9 Å². The van der Waals surface area contributed by atoms with E-state index >= 15 is 0 Å². The average molecular weight is 242 g/mol. The van der Waals surface area contributed by atoms with Gasteiger partial charge in [-0.1, -0.05) is 0 Å². The molecule has 5 heteroatoms. The van der Waals surface area contributed by atoms with E-state index in [0.717, 1.165) is 19.4 Å². The highest BCUT2D eigenvalue weighted by Gasteiger charge is 2.28. The largest absolute Gasteiger partial charge is 0.395 e. The van der Waals surface area contributed by atoms with E-state index in [0.29, 0.717) is 26.2 Å². The Hall–Kier alpha value is -0.650. The van der Waals surface area contributed by atoms with Crippen LogP contribution in [0.15, 0.2) is 0 Å². The van der Waals surface area contributed by atoms with Crippen molar-refractivity contribution in [1.29, 1.82) is 0 Å². The lowest BCUT2D eigenvalue weighted by Crippen LogP contribution is -2.49. The first-order chi connectivity index (χ1) is 8.20. The maximum Gasteiger partial charge on any atom is 0.236 e. The lowest BCUT2D eigenvalue weighted by atomic mass is 10.2. The number of amides is 1. The smallest absolute Gasteiger partial charge is 0.236 e. The topological polar surface area (TPSA) is 53.0 Å². The summed E-state index contributed by atoms with van der Waals surface area (Å²) >= 11 is 0. The third kappa shape index (κ3) is 3.18. The fraction of sp³-hybridized carbons (Fsp3) is 0.917. The normalized spacial score (nSPS) is 30.8. The van der Waals surface area contributed by atoms with Crippen LogP contribution in [0, 0.1) is 0 Å². The van der Waals surface area contributed by atoms with Crippen LogP contribution in [0.3, 0.4) is 0 Å². The number of hydrogen-bond acceptors (Lipinski definition) is 4. The maximum absolute atomic E-state index is 12.1. The van der Waals surface area contributed by atoms with Gasteiger partial charge in [0.1, 0.15) is 0 Å². The zero-order valence-corrected chi connectivity index (χ0v) is 10.5. The predicted molar refractivity (Wildman–Crippen MR) is 63.7 cm³/mol. The molecule has 2 aliphatic heterocycles. The molecule has 2 rings (SSSR count). The molecule has 0 spiro atoms. The van der Waals surface area contributed by atoms with E-state index in [1.165, 1.54) is 0 Å². The molecule has 2 saturated heterocycles. The fourth-order valence-corrected chi connectivity index (χ4v) is 2.63. The number of rotatable bonds is 3. The third-order valence-corrected chi connectivity index (χ3v) is 3.64. The fourth-order valence-electron chi connectivity index (χ4n) is 2.63. The summed E-state index contributed by atoms with van der Waals surface area (Å²) in [6.45, 7) is 5.54. The van der Waals surface area contributed by atoms with Crippen LogP contribution in [-0.4, -0.2) is 72.4 Å². The Balaban J connectivity index is 1.83. The summed E-state index contributed by atoms with van der Waals surface area (Å²) in [5, 5.41) is 9.22. The lowest BCUT2D eigenvalue weighted by Gasteiger charge is -2.33. The van der Waals surface area contributed by atoms with E-state index < -0.39 is 0 Å². The standard InChI is InChI=1S/C12H22N2O3/c1-10-7-14(5-6-17-10)12(16)8-13-4-2-3-11(13)9-15/h10-11,15H,2-9H2,1H3/t10?,11-/m1/s1. The second-order valence-electron chi connectivity index (χ2n) is 4.97. The second kappa shape index (κ2) is 5.80. The van der Waals surface area contributed by atoms with Gasteiger partial charge in [-0.15, -0.1) is 0 Å². The van der Waals surface area contributed by atoms with Gasteiger partial charge < -0.3 is 14.7 Å². The summed E-state index contributed by atoms with van der Waals surface area (Å²) in [4.78, 5) is 16.1. The minimum atomic E-state index is 0.139. The molecule has 1 amide bonds. The maximum atomic E-state index is 12.1.